The summed E-state index contributed by atoms with van der Waals surface area (Å²) < 4.78 is 6.91. The molecule has 0 saturated carbocycles. The zero-order valence-corrected chi connectivity index (χ0v) is 18.8. The summed E-state index contributed by atoms with van der Waals surface area (Å²) >= 11 is 3.52. The second-order valence-electron chi connectivity index (χ2n) is 8.05. The lowest BCUT2D eigenvalue weighted by Gasteiger charge is -2.25. The van der Waals surface area contributed by atoms with Gasteiger partial charge in [0.05, 0.1) is 17.0 Å². The highest BCUT2D eigenvalue weighted by Crippen LogP contribution is 2.39. The van der Waals surface area contributed by atoms with Crippen LogP contribution in [0.2, 0.25) is 0 Å². The number of benzene rings is 3. The van der Waals surface area contributed by atoms with Crippen LogP contribution in [0, 0.1) is 13.8 Å². The molecule has 0 fully saturated rings. The largest absolute Gasteiger partial charge is 0.450 e. The summed E-state index contributed by atoms with van der Waals surface area (Å²) in [4.78, 5) is 28.8. The summed E-state index contributed by atoms with van der Waals surface area (Å²) in [6.45, 7) is 4.35. The first-order valence-electron chi connectivity index (χ1n) is 10.1. The summed E-state index contributed by atoms with van der Waals surface area (Å²) in [6, 6.07) is 20.8. The molecule has 1 aliphatic heterocycles. The number of fused-ring (bicyclic) bond motifs is 2. The van der Waals surface area contributed by atoms with Gasteiger partial charge < -0.3 is 9.32 Å². The van der Waals surface area contributed by atoms with Crippen molar-refractivity contribution < 1.29 is 9.21 Å². The van der Waals surface area contributed by atoms with Gasteiger partial charge in [0.2, 0.25) is 5.76 Å². The maximum atomic E-state index is 13.6. The van der Waals surface area contributed by atoms with Gasteiger partial charge in [-0.05, 0) is 49.2 Å². The molecule has 3 aromatic carbocycles. The molecule has 1 aromatic heterocycles. The number of halogens is 1. The topological polar surface area (TPSA) is 50.5 Å². The van der Waals surface area contributed by atoms with Gasteiger partial charge in [-0.15, -0.1) is 0 Å². The van der Waals surface area contributed by atoms with Crippen LogP contribution in [0.15, 0.2) is 80.4 Å². The van der Waals surface area contributed by atoms with Gasteiger partial charge in [-0.2, -0.15) is 0 Å². The predicted molar refractivity (Wildman–Crippen MR) is 124 cm³/mol. The summed E-state index contributed by atoms with van der Waals surface area (Å²) in [5.74, 6) is -0.126. The number of amides is 1. The number of rotatable bonds is 3. The highest BCUT2D eigenvalue weighted by Gasteiger charge is 2.42. The van der Waals surface area contributed by atoms with Gasteiger partial charge >= 0.3 is 0 Å². The fourth-order valence-electron chi connectivity index (χ4n) is 4.21. The number of hydrogen-bond donors (Lipinski definition) is 0. The normalized spacial score (nSPS) is 15.5. The van der Waals surface area contributed by atoms with Gasteiger partial charge in [0.25, 0.3) is 5.91 Å². The molecule has 154 valence electrons. The highest BCUT2D eigenvalue weighted by molar-refractivity contribution is 9.10. The Balaban J connectivity index is 1.73. The Morgan fingerprint density at radius 1 is 0.935 bits per heavy atom. The molecule has 0 bridgehead atoms. The van der Waals surface area contributed by atoms with Crippen molar-refractivity contribution in [3.05, 3.63) is 115 Å². The average molecular weight is 474 g/mol. The standard InChI is InChI=1S/C26H20BrNO3/c1-15-6-9-17(10-7-15)14-28-23(18-4-3-5-19(27)13-18)22-24(29)20-12-16(2)8-11-21(20)31-25(22)26(28)30/h3-13,23H,14H2,1-2H3. The average Bonchev–Trinajstić information content (AvgIpc) is 3.02. The molecule has 0 aliphatic carbocycles. The van der Waals surface area contributed by atoms with E-state index in [0.717, 1.165) is 26.7 Å². The molecule has 1 aliphatic rings. The first-order valence-corrected chi connectivity index (χ1v) is 10.9. The van der Waals surface area contributed by atoms with Crippen molar-refractivity contribution >= 4 is 32.8 Å². The van der Waals surface area contributed by atoms with Crippen LogP contribution in [-0.2, 0) is 6.54 Å². The van der Waals surface area contributed by atoms with E-state index in [4.69, 9.17) is 4.42 Å². The van der Waals surface area contributed by atoms with Crippen LogP contribution in [0.1, 0.15) is 44.4 Å². The van der Waals surface area contributed by atoms with Gasteiger partial charge in [-0.1, -0.05) is 69.5 Å². The Bertz CT molecular complexity index is 1390. The maximum Gasteiger partial charge on any atom is 0.291 e. The van der Waals surface area contributed by atoms with Crippen LogP contribution in [0.3, 0.4) is 0 Å². The van der Waals surface area contributed by atoms with Crippen LogP contribution in [0.5, 0.6) is 0 Å². The van der Waals surface area contributed by atoms with Crippen molar-refractivity contribution in [2.24, 2.45) is 0 Å². The van der Waals surface area contributed by atoms with Crippen LogP contribution < -0.4 is 5.43 Å². The van der Waals surface area contributed by atoms with Crippen LogP contribution in [-0.4, -0.2) is 10.8 Å². The minimum absolute atomic E-state index is 0.137. The van der Waals surface area contributed by atoms with E-state index >= 15 is 0 Å². The first-order chi connectivity index (χ1) is 14.9. The molecule has 5 rings (SSSR count). The molecule has 31 heavy (non-hydrogen) atoms. The predicted octanol–water partition coefficient (Wildman–Crippen LogP) is 5.92. The highest BCUT2D eigenvalue weighted by atomic mass is 79.9. The molecule has 0 radical (unpaired) electrons. The Morgan fingerprint density at radius 2 is 1.68 bits per heavy atom. The molecule has 0 N–H and O–H groups in total. The zero-order chi connectivity index (χ0) is 21.7. The molecule has 1 atom stereocenters. The van der Waals surface area contributed by atoms with Gasteiger partial charge in [0, 0.05) is 11.0 Å². The molecule has 1 unspecified atom stereocenters. The number of carbonyl (C=O) groups is 1. The molecule has 2 heterocycles. The molecule has 1 amide bonds. The summed E-state index contributed by atoms with van der Waals surface area (Å²) in [7, 11) is 0. The van der Waals surface area contributed by atoms with Gasteiger partial charge in [0.1, 0.15) is 5.58 Å². The van der Waals surface area contributed by atoms with E-state index in [1.807, 2.05) is 74.5 Å². The second-order valence-corrected chi connectivity index (χ2v) is 8.97. The van der Waals surface area contributed by atoms with Crippen LogP contribution in [0.25, 0.3) is 11.0 Å². The van der Waals surface area contributed by atoms with E-state index in [1.54, 1.807) is 11.0 Å². The van der Waals surface area contributed by atoms with E-state index in [9.17, 15) is 9.59 Å². The fraction of sp³-hybridized carbons (Fsp3) is 0.154. The third kappa shape index (κ3) is 3.39. The Kier molecular flexibility index (Phi) is 4.78. The van der Waals surface area contributed by atoms with Crippen molar-refractivity contribution in [2.45, 2.75) is 26.4 Å². The van der Waals surface area contributed by atoms with Crippen molar-refractivity contribution in [1.29, 1.82) is 0 Å². The molecular formula is C26H20BrNO3. The van der Waals surface area contributed by atoms with E-state index in [2.05, 4.69) is 15.9 Å². The minimum Gasteiger partial charge on any atom is -0.450 e. The van der Waals surface area contributed by atoms with Crippen molar-refractivity contribution in [1.82, 2.24) is 4.90 Å². The minimum atomic E-state index is -0.512. The second kappa shape index (κ2) is 7.50. The third-order valence-electron chi connectivity index (χ3n) is 5.76. The SMILES string of the molecule is Cc1ccc(CN2C(=O)c3oc4ccc(C)cc4c(=O)c3C2c2cccc(Br)c2)cc1. The van der Waals surface area contributed by atoms with Gasteiger partial charge in [0.15, 0.2) is 5.43 Å². The lowest BCUT2D eigenvalue weighted by molar-refractivity contribution is 0.0714. The zero-order valence-electron chi connectivity index (χ0n) is 17.2. The molecular weight excluding hydrogens is 454 g/mol. The van der Waals surface area contributed by atoms with Crippen LogP contribution >= 0.6 is 15.9 Å². The van der Waals surface area contributed by atoms with Crippen LogP contribution in [0.4, 0.5) is 0 Å². The molecule has 5 heteroatoms. The number of carbonyl (C=O) groups excluding carboxylic acids is 1. The van der Waals surface area contributed by atoms with Crippen molar-refractivity contribution in [2.75, 3.05) is 0 Å². The summed E-state index contributed by atoms with van der Waals surface area (Å²) in [5.41, 5.74) is 4.69. The Labute approximate surface area is 188 Å². The van der Waals surface area contributed by atoms with E-state index in [1.165, 1.54) is 0 Å². The molecule has 0 saturated heterocycles. The van der Waals surface area contributed by atoms with E-state index in [0.29, 0.717) is 23.1 Å². The van der Waals surface area contributed by atoms with Gasteiger partial charge in [-0.25, -0.2) is 0 Å². The number of nitrogens with zero attached hydrogens (tertiary/aromatic N) is 1. The monoisotopic (exact) mass is 473 g/mol. The van der Waals surface area contributed by atoms with E-state index in [-0.39, 0.29) is 17.1 Å². The third-order valence-corrected chi connectivity index (χ3v) is 6.25. The fourth-order valence-corrected chi connectivity index (χ4v) is 4.63. The summed E-state index contributed by atoms with van der Waals surface area (Å²) in [6.07, 6.45) is 0. The lowest BCUT2D eigenvalue weighted by Crippen LogP contribution is -2.29. The first kappa shape index (κ1) is 19.8. The molecule has 0 spiro atoms. The Hall–Kier alpha value is -3.18. The Morgan fingerprint density at radius 3 is 2.42 bits per heavy atom. The number of hydrogen-bond acceptors (Lipinski definition) is 3. The summed E-state index contributed by atoms with van der Waals surface area (Å²) in [5, 5.41) is 0.503. The smallest absolute Gasteiger partial charge is 0.291 e. The lowest BCUT2D eigenvalue weighted by atomic mass is 9.98. The van der Waals surface area contributed by atoms with Crippen molar-refractivity contribution in [3.8, 4) is 0 Å². The maximum absolute atomic E-state index is 13.6. The van der Waals surface area contributed by atoms with E-state index < -0.39 is 6.04 Å². The quantitative estimate of drug-likeness (QED) is 0.371. The molecule has 4 aromatic rings. The van der Waals surface area contributed by atoms with Crippen molar-refractivity contribution in [3.63, 3.8) is 0 Å². The number of aryl methyl sites for hydroxylation is 2. The molecule has 4 nitrogen and oxygen atoms in total. The van der Waals surface area contributed by atoms with Gasteiger partial charge in [-0.3, -0.25) is 9.59 Å².